The number of hydrogen-bond acceptors (Lipinski definition) is 4. The van der Waals surface area contributed by atoms with E-state index in [-0.39, 0.29) is 5.63 Å². The summed E-state index contributed by atoms with van der Waals surface area (Å²) in [5, 5.41) is 4.64. The Balaban J connectivity index is 1.37. The molecular formula is C26H30N2O2. The molecule has 1 saturated heterocycles. The average Bonchev–Trinajstić information content (AvgIpc) is 2.76. The van der Waals surface area contributed by atoms with E-state index < -0.39 is 0 Å². The molecule has 0 atom stereocenters. The van der Waals surface area contributed by atoms with E-state index in [4.69, 9.17) is 4.42 Å². The zero-order valence-electron chi connectivity index (χ0n) is 17.6. The first-order chi connectivity index (χ1) is 14.7. The maximum absolute atomic E-state index is 12.0. The SMILES string of the molecule is CCCc1ccc2oc(=O)cc(NC3CCN(C/C=C/c4ccccc4)CC3)c2c1. The lowest BCUT2D eigenvalue weighted by Crippen LogP contribution is -2.39. The maximum atomic E-state index is 12.0. The molecule has 0 saturated carbocycles. The molecule has 2 heterocycles. The Kier molecular flexibility index (Phi) is 6.65. The van der Waals surface area contributed by atoms with Gasteiger partial charge < -0.3 is 9.73 Å². The van der Waals surface area contributed by atoms with Crippen LogP contribution in [-0.2, 0) is 6.42 Å². The van der Waals surface area contributed by atoms with Crippen LogP contribution < -0.4 is 10.9 Å². The second-order valence-corrected chi connectivity index (χ2v) is 8.09. The monoisotopic (exact) mass is 402 g/mol. The normalized spacial score (nSPS) is 15.8. The Hall–Kier alpha value is -2.85. The van der Waals surface area contributed by atoms with Crippen molar-refractivity contribution in [3.63, 3.8) is 0 Å². The first kappa shape index (κ1) is 20.4. The second kappa shape index (κ2) is 9.77. The molecule has 1 aliphatic heterocycles. The van der Waals surface area contributed by atoms with E-state index in [9.17, 15) is 4.79 Å². The topological polar surface area (TPSA) is 45.5 Å². The molecule has 1 aromatic heterocycles. The van der Waals surface area contributed by atoms with E-state index in [0.29, 0.717) is 11.6 Å². The van der Waals surface area contributed by atoms with E-state index in [2.05, 4.69) is 65.7 Å². The summed E-state index contributed by atoms with van der Waals surface area (Å²) in [6.45, 7) is 5.26. The van der Waals surface area contributed by atoms with Crippen LogP contribution >= 0.6 is 0 Å². The highest BCUT2D eigenvalue weighted by Gasteiger charge is 2.19. The lowest BCUT2D eigenvalue weighted by molar-refractivity contribution is 0.240. The van der Waals surface area contributed by atoms with Gasteiger partial charge in [-0.3, -0.25) is 4.90 Å². The van der Waals surface area contributed by atoms with Gasteiger partial charge in [-0.25, -0.2) is 4.79 Å². The highest BCUT2D eigenvalue weighted by atomic mass is 16.4. The van der Waals surface area contributed by atoms with Gasteiger partial charge in [0.2, 0.25) is 0 Å². The molecule has 1 fully saturated rings. The first-order valence-corrected chi connectivity index (χ1v) is 11.0. The fourth-order valence-corrected chi connectivity index (χ4v) is 4.16. The molecule has 156 valence electrons. The Labute approximate surface area is 178 Å². The van der Waals surface area contributed by atoms with Crippen LogP contribution in [0.25, 0.3) is 17.0 Å². The van der Waals surface area contributed by atoms with Crippen molar-refractivity contribution < 1.29 is 4.42 Å². The summed E-state index contributed by atoms with van der Waals surface area (Å²) < 4.78 is 5.41. The first-order valence-electron chi connectivity index (χ1n) is 11.0. The molecule has 1 N–H and O–H groups in total. The van der Waals surface area contributed by atoms with E-state index in [1.54, 1.807) is 6.07 Å². The minimum absolute atomic E-state index is 0.295. The molecule has 0 spiro atoms. The van der Waals surface area contributed by atoms with Crippen molar-refractivity contribution >= 4 is 22.7 Å². The molecule has 3 aromatic rings. The number of nitrogens with one attached hydrogen (secondary N) is 1. The van der Waals surface area contributed by atoms with Crippen LogP contribution in [0, 0.1) is 0 Å². The predicted molar refractivity (Wildman–Crippen MR) is 125 cm³/mol. The van der Waals surface area contributed by atoms with Crippen molar-refractivity contribution in [2.24, 2.45) is 0 Å². The van der Waals surface area contributed by atoms with Gasteiger partial charge in [0, 0.05) is 37.1 Å². The third kappa shape index (κ3) is 5.19. The molecule has 0 amide bonds. The number of fused-ring (bicyclic) bond motifs is 1. The fraction of sp³-hybridized carbons (Fsp3) is 0.346. The van der Waals surface area contributed by atoms with Crippen molar-refractivity contribution in [2.45, 2.75) is 38.6 Å². The Morgan fingerprint density at radius 1 is 1.10 bits per heavy atom. The molecule has 1 aliphatic rings. The van der Waals surface area contributed by atoms with Gasteiger partial charge in [0.15, 0.2) is 0 Å². The third-order valence-corrected chi connectivity index (χ3v) is 5.77. The van der Waals surface area contributed by atoms with E-state index in [1.165, 1.54) is 11.1 Å². The number of anilines is 1. The van der Waals surface area contributed by atoms with Crippen LogP contribution in [0.1, 0.15) is 37.3 Å². The summed E-state index contributed by atoms with van der Waals surface area (Å²) in [5.41, 5.74) is 3.79. The number of aryl methyl sites for hydroxylation is 1. The predicted octanol–water partition coefficient (Wildman–Crippen LogP) is 5.34. The molecule has 30 heavy (non-hydrogen) atoms. The molecule has 0 radical (unpaired) electrons. The number of likely N-dealkylation sites (tertiary alicyclic amines) is 1. The number of benzene rings is 2. The van der Waals surface area contributed by atoms with Gasteiger partial charge in [-0.2, -0.15) is 0 Å². The van der Waals surface area contributed by atoms with E-state index >= 15 is 0 Å². The van der Waals surface area contributed by atoms with Gasteiger partial charge in [-0.15, -0.1) is 0 Å². The van der Waals surface area contributed by atoms with E-state index in [0.717, 1.165) is 56.4 Å². The molecule has 0 unspecified atom stereocenters. The summed E-state index contributed by atoms with van der Waals surface area (Å²) in [6.07, 6.45) is 8.69. The van der Waals surface area contributed by atoms with Crippen molar-refractivity contribution in [1.29, 1.82) is 0 Å². The summed E-state index contributed by atoms with van der Waals surface area (Å²) in [6, 6.07) is 18.5. The number of hydrogen-bond donors (Lipinski definition) is 1. The Bertz CT molecular complexity index is 1050. The zero-order valence-corrected chi connectivity index (χ0v) is 17.6. The van der Waals surface area contributed by atoms with Gasteiger partial charge in [-0.05, 0) is 42.5 Å². The number of nitrogens with zero attached hydrogens (tertiary/aromatic N) is 1. The highest BCUT2D eigenvalue weighted by molar-refractivity contribution is 5.90. The summed E-state index contributed by atoms with van der Waals surface area (Å²) in [5.74, 6) is 0. The smallest absolute Gasteiger partial charge is 0.338 e. The average molecular weight is 403 g/mol. The zero-order chi connectivity index (χ0) is 20.8. The van der Waals surface area contributed by atoms with Gasteiger partial charge in [0.1, 0.15) is 5.58 Å². The maximum Gasteiger partial charge on any atom is 0.338 e. The lowest BCUT2D eigenvalue weighted by Gasteiger charge is -2.32. The molecule has 4 nitrogen and oxygen atoms in total. The largest absolute Gasteiger partial charge is 0.423 e. The summed E-state index contributed by atoms with van der Waals surface area (Å²) >= 11 is 0. The Morgan fingerprint density at radius 3 is 2.67 bits per heavy atom. The molecule has 0 bridgehead atoms. The van der Waals surface area contributed by atoms with Gasteiger partial charge in [-0.1, -0.05) is 61.9 Å². The van der Waals surface area contributed by atoms with Crippen LogP contribution in [-0.4, -0.2) is 30.6 Å². The molecule has 0 aliphatic carbocycles. The van der Waals surface area contributed by atoms with Crippen LogP contribution in [0.15, 0.2) is 69.9 Å². The van der Waals surface area contributed by atoms with Crippen molar-refractivity contribution in [1.82, 2.24) is 4.90 Å². The third-order valence-electron chi connectivity index (χ3n) is 5.77. The minimum Gasteiger partial charge on any atom is -0.423 e. The number of piperidine rings is 1. The van der Waals surface area contributed by atoms with Crippen molar-refractivity contribution in [3.05, 3.63) is 82.2 Å². The molecule has 2 aromatic carbocycles. The van der Waals surface area contributed by atoms with Crippen LogP contribution in [0.5, 0.6) is 0 Å². The quantitative estimate of drug-likeness (QED) is 0.542. The molecule has 4 heteroatoms. The number of rotatable bonds is 7. The lowest BCUT2D eigenvalue weighted by atomic mass is 10.0. The van der Waals surface area contributed by atoms with Gasteiger partial charge in [0.05, 0.1) is 5.69 Å². The van der Waals surface area contributed by atoms with Crippen LogP contribution in [0.2, 0.25) is 0 Å². The Morgan fingerprint density at radius 2 is 1.90 bits per heavy atom. The van der Waals surface area contributed by atoms with Crippen molar-refractivity contribution in [3.8, 4) is 0 Å². The highest BCUT2D eigenvalue weighted by Crippen LogP contribution is 2.26. The summed E-state index contributed by atoms with van der Waals surface area (Å²) in [4.78, 5) is 14.5. The van der Waals surface area contributed by atoms with Gasteiger partial charge >= 0.3 is 5.63 Å². The molecular weight excluding hydrogens is 372 g/mol. The minimum atomic E-state index is -0.295. The standard InChI is InChI=1S/C26H30N2O2/c1-2-7-21-11-12-25-23(18-21)24(19-26(29)30-25)27-22-13-16-28(17-14-22)15-6-10-20-8-4-3-5-9-20/h3-6,8-12,18-19,22,27H,2,7,13-17H2,1H3/b10-6+. The van der Waals surface area contributed by atoms with Crippen LogP contribution in [0.4, 0.5) is 5.69 Å². The summed E-state index contributed by atoms with van der Waals surface area (Å²) in [7, 11) is 0. The molecule has 4 rings (SSSR count). The van der Waals surface area contributed by atoms with Crippen molar-refractivity contribution in [2.75, 3.05) is 25.0 Å². The van der Waals surface area contributed by atoms with E-state index in [1.807, 2.05) is 12.1 Å². The second-order valence-electron chi connectivity index (χ2n) is 8.09. The van der Waals surface area contributed by atoms with Crippen LogP contribution in [0.3, 0.4) is 0 Å². The fourth-order valence-electron chi connectivity index (χ4n) is 4.16. The van der Waals surface area contributed by atoms with Gasteiger partial charge in [0.25, 0.3) is 0 Å².